The molecule has 2 nitrogen and oxygen atoms in total. The molecule has 9 heavy (non-hydrogen) atoms. The lowest BCUT2D eigenvalue weighted by Crippen LogP contribution is -1.89. The average molecular weight is 124 g/mol. The normalized spacial score (nSPS) is 12.4. The molecule has 1 N–H and O–H groups in total. The van der Waals surface area contributed by atoms with Gasteiger partial charge in [0.2, 0.25) is 0 Å². The van der Waals surface area contributed by atoms with E-state index >= 15 is 0 Å². The molecule has 0 saturated heterocycles. The Kier molecular flexibility index (Phi) is 4.69. The van der Waals surface area contributed by atoms with E-state index in [4.69, 9.17) is 5.41 Å². The highest BCUT2D eigenvalue weighted by Crippen LogP contribution is 1.86. The summed E-state index contributed by atoms with van der Waals surface area (Å²) in [6.07, 6.45) is 5.79. The summed E-state index contributed by atoms with van der Waals surface area (Å²) in [7, 11) is 0. The van der Waals surface area contributed by atoms with Crippen LogP contribution in [0.2, 0.25) is 0 Å². The van der Waals surface area contributed by atoms with Crippen LogP contribution in [0.1, 0.15) is 20.3 Å². The van der Waals surface area contributed by atoms with Crippen molar-refractivity contribution in [3.8, 4) is 0 Å². The van der Waals surface area contributed by atoms with Gasteiger partial charge in [0.15, 0.2) is 0 Å². The number of rotatable bonds is 3. The van der Waals surface area contributed by atoms with Gasteiger partial charge in [-0.15, -0.1) is 0 Å². The maximum absolute atomic E-state index is 6.67. The van der Waals surface area contributed by atoms with Gasteiger partial charge in [0.05, 0.1) is 0 Å². The van der Waals surface area contributed by atoms with Crippen molar-refractivity contribution in [3.63, 3.8) is 0 Å². The molecule has 0 heterocycles. The molecule has 50 valence electrons. The Hall–Kier alpha value is -0.920. The van der Waals surface area contributed by atoms with Gasteiger partial charge in [-0.25, -0.2) is 4.99 Å². The molecule has 0 atom stereocenters. The van der Waals surface area contributed by atoms with Crippen LogP contribution >= 0.6 is 0 Å². The summed E-state index contributed by atoms with van der Waals surface area (Å²) in [6.45, 7) is 3.96. The van der Waals surface area contributed by atoms with E-state index in [2.05, 4.69) is 4.99 Å². The first kappa shape index (κ1) is 8.08. The Morgan fingerprint density at radius 2 is 2.33 bits per heavy atom. The van der Waals surface area contributed by atoms with Crippen LogP contribution in [0.15, 0.2) is 17.1 Å². The second-order valence-electron chi connectivity index (χ2n) is 1.60. The van der Waals surface area contributed by atoms with Crippen LogP contribution in [-0.2, 0) is 0 Å². The first-order chi connectivity index (χ1) is 4.35. The minimum absolute atomic E-state index is 0.889. The maximum Gasteiger partial charge on any atom is 0.107 e. The van der Waals surface area contributed by atoms with E-state index in [9.17, 15) is 0 Å². The number of aliphatic imine (C=N–C) groups is 1. The van der Waals surface area contributed by atoms with Gasteiger partial charge < -0.3 is 0 Å². The predicted octanol–water partition coefficient (Wildman–Crippen LogP) is 2.02. The summed E-state index contributed by atoms with van der Waals surface area (Å²) in [4.78, 5) is 3.80. The van der Waals surface area contributed by atoms with Gasteiger partial charge in [-0.2, -0.15) is 0 Å². The fourth-order valence-corrected chi connectivity index (χ4v) is 0.527. The summed E-state index contributed by atoms with van der Waals surface area (Å²) in [5.41, 5.74) is 0.951. The van der Waals surface area contributed by atoms with Gasteiger partial charge in [-0.05, 0) is 19.4 Å². The lowest BCUT2D eigenvalue weighted by Gasteiger charge is -1.88. The van der Waals surface area contributed by atoms with E-state index in [1.165, 1.54) is 0 Å². The van der Waals surface area contributed by atoms with Crippen molar-refractivity contribution in [3.05, 3.63) is 12.2 Å². The first-order valence-electron chi connectivity index (χ1n) is 3.03. The Morgan fingerprint density at radius 3 is 2.67 bits per heavy atom. The third kappa shape index (κ3) is 3.64. The molecule has 0 radical (unpaired) electrons. The SMILES string of the molecule is C/C=C\C(CC)=N/C=N. The third-order valence-corrected chi connectivity index (χ3v) is 0.952. The number of hydrogen-bond acceptors (Lipinski definition) is 1. The zero-order chi connectivity index (χ0) is 7.11. The smallest absolute Gasteiger partial charge is 0.107 e. The fourth-order valence-electron chi connectivity index (χ4n) is 0.527. The predicted molar refractivity (Wildman–Crippen MR) is 41.3 cm³/mol. The van der Waals surface area contributed by atoms with E-state index in [0.29, 0.717) is 0 Å². The van der Waals surface area contributed by atoms with Crippen molar-refractivity contribution in [2.75, 3.05) is 0 Å². The van der Waals surface area contributed by atoms with E-state index in [1.807, 2.05) is 26.0 Å². The fraction of sp³-hybridized carbons (Fsp3) is 0.429. The van der Waals surface area contributed by atoms with E-state index < -0.39 is 0 Å². The first-order valence-corrected chi connectivity index (χ1v) is 3.03. The molecule has 0 saturated carbocycles. The maximum atomic E-state index is 6.67. The monoisotopic (exact) mass is 124 g/mol. The van der Waals surface area contributed by atoms with Crippen molar-refractivity contribution in [1.82, 2.24) is 0 Å². The summed E-state index contributed by atoms with van der Waals surface area (Å²) in [6, 6.07) is 0. The molecular weight excluding hydrogens is 112 g/mol. The van der Waals surface area contributed by atoms with Crippen molar-refractivity contribution < 1.29 is 0 Å². The molecule has 0 aromatic rings. The molecule has 0 aliphatic rings. The summed E-state index contributed by atoms with van der Waals surface area (Å²) < 4.78 is 0. The van der Waals surface area contributed by atoms with Crippen molar-refractivity contribution >= 4 is 12.1 Å². The van der Waals surface area contributed by atoms with Crippen LogP contribution in [0, 0.1) is 5.41 Å². The molecule has 0 aromatic carbocycles. The van der Waals surface area contributed by atoms with Gasteiger partial charge in [0.25, 0.3) is 0 Å². The lowest BCUT2D eigenvalue weighted by molar-refractivity contribution is 1.29. The van der Waals surface area contributed by atoms with Gasteiger partial charge in [0.1, 0.15) is 6.34 Å². The highest BCUT2D eigenvalue weighted by atomic mass is 14.8. The van der Waals surface area contributed by atoms with Crippen LogP contribution in [0.5, 0.6) is 0 Å². The highest BCUT2D eigenvalue weighted by molar-refractivity contribution is 5.98. The van der Waals surface area contributed by atoms with E-state index in [-0.39, 0.29) is 0 Å². The molecule has 0 fully saturated rings. The van der Waals surface area contributed by atoms with Gasteiger partial charge in [-0.3, -0.25) is 5.41 Å². The zero-order valence-electron chi connectivity index (χ0n) is 5.89. The Labute approximate surface area is 55.8 Å². The minimum Gasteiger partial charge on any atom is -0.290 e. The summed E-state index contributed by atoms with van der Waals surface area (Å²) >= 11 is 0. The zero-order valence-corrected chi connectivity index (χ0v) is 5.89. The van der Waals surface area contributed by atoms with Gasteiger partial charge in [0, 0.05) is 5.71 Å². The van der Waals surface area contributed by atoms with Crippen LogP contribution < -0.4 is 0 Å². The van der Waals surface area contributed by atoms with Crippen LogP contribution in [-0.4, -0.2) is 12.1 Å². The van der Waals surface area contributed by atoms with E-state index in [0.717, 1.165) is 18.5 Å². The molecule has 0 amide bonds. The molecule has 0 unspecified atom stereocenters. The molecule has 0 spiro atoms. The van der Waals surface area contributed by atoms with Crippen LogP contribution in [0.25, 0.3) is 0 Å². The Bertz CT molecular complexity index is 134. The lowest BCUT2D eigenvalue weighted by atomic mass is 10.3. The molecular formula is C7H12N2. The number of allylic oxidation sites excluding steroid dienone is 2. The van der Waals surface area contributed by atoms with Crippen molar-refractivity contribution in [1.29, 1.82) is 5.41 Å². The number of nitrogens with one attached hydrogen (secondary N) is 1. The largest absolute Gasteiger partial charge is 0.290 e. The molecule has 0 aromatic heterocycles. The Morgan fingerprint density at radius 1 is 1.67 bits per heavy atom. The summed E-state index contributed by atoms with van der Waals surface area (Å²) in [5.74, 6) is 0. The molecule has 0 rings (SSSR count). The van der Waals surface area contributed by atoms with Gasteiger partial charge in [-0.1, -0.05) is 13.0 Å². The topological polar surface area (TPSA) is 36.2 Å². The second-order valence-corrected chi connectivity index (χ2v) is 1.60. The van der Waals surface area contributed by atoms with Crippen LogP contribution in [0.3, 0.4) is 0 Å². The Balaban J connectivity index is 3.96. The second kappa shape index (κ2) is 5.22. The summed E-state index contributed by atoms with van der Waals surface area (Å²) in [5, 5.41) is 6.67. The number of nitrogens with zero attached hydrogens (tertiary/aromatic N) is 1. The van der Waals surface area contributed by atoms with Crippen molar-refractivity contribution in [2.45, 2.75) is 20.3 Å². The minimum atomic E-state index is 0.889. The quantitative estimate of drug-likeness (QED) is 0.441. The van der Waals surface area contributed by atoms with Crippen LogP contribution in [0.4, 0.5) is 0 Å². The van der Waals surface area contributed by atoms with Gasteiger partial charge >= 0.3 is 0 Å². The molecule has 0 aliphatic carbocycles. The third-order valence-electron chi connectivity index (χ3n) is 0.952. The number of hydrogen-bond donors (Lipinski definition) is 1. The average Bonchev–Trinajstić information content (AvgIpc) is 1.88. The molecule has 2 heteroatoms. The van der Waals surface area contributed by atoms with Crippen molar-refractivity contribution in [2.24, 2.45) is 4.99 Å². The standard InChI is InChI=1S/C7H12N2/c1-3-5-7(4-2)9-6-8/h3,5-6,8H,4H2,1-2H3/b5-3-,8-6?,9-7-. The molecule has 0 bridgehead atoms. The van der Waals surface area contributed by atoms with E-state index in [1.54, 1.807) is 0 Å². The molecule has 0 aliphatic heterocycles. The highest BCUT2D eigenvalue weighted by Gasteiger charge is 1.83.